The minimum atomic E-state index is -0.654. The van der Waals surface area contributed by atoms with Gasteiger partial charge in [0.2, 0.25) is 5.91 Å². The summed E-state index contributed by atoms with van der Waals surface area (Å²) in [6.07, 6.45) is 2.43. The number of esters is 1. The number of fused-ring (bicyclic) bond motifs is 1. The van der Waals surface area contributed by atoms with Crippen molar-refractivity contribution in [3.05, 3.63) is 59.7 Å². The quantitative estimate of drug-likeness (QED) is 0.524. The van der Waals surface area contributed by atoms with Gasteiger partial charge in [0, 0.05) is 0 Å². The Morgan fingerprint density at radius 3 is 2.55 bits per heavy atom. The van der Waals surface area contributed by atoms with Gasteiger partial charge in [-0.1, -0.05) is 70.0 Å². The van der Waals surface area contributed by atoms with Crippen molar-refractivity contribution in [2.75, 3.05) is 18.1 Å². The van der Waals surface area contributed by atoms with Gasteiger partial charge in [-0.15, -0.1) is 0 Å². The monoisotopic (exact) mass is 452 g/mol. The van der Waals surface area contributed by atoms with Gasteiger partial charge in [0.05, 0.1) is 18.8 Å². The van der Waals surface area contributed by atoms with Crippen molar-refractivity contribution < 1.29 is 19.1 Å². The van der Waals surface area contributed by atoms with E-state index >= 15 is 0 Å². The Bertz CT molecular complexity index is 926. The molecular formula is C27H36N2O4. The van der Waals surface area contributed by atoms with E-state index in [4.69, 9.17) is 9.47 Å². The first kappa shape index (κ1) is 24.8. The molecule has 2 aromatic rings. The highest BCUT2D eigenvalue weighted by Gasteiger charge is 2.34. The number of amides is 1. The Kier molecular flexibility index (Phi) is 8.89. The number of anilines is 1. The first-order valence-corrected chi connectivity index (χ1v) is 12.0. The summed E-state index contributed by atoms with van der Waals surface area (Å²) in [5, 5.41) is 3.25. The smallest absolute Gasteiger partial charge is 0.323 e. The van der Waals surface area contributed by atoms with Crippen molar-refractivity contribution in [2.24, 2.45) is 0 Å². The van der Waals surface area contributed by atoms with Crippen molar-refractivity contribution in [1.82, 2.24) is 5.32 Å². The summed E-state index contributed by atoms with van der Waals surface area (Å²) >= 11 is 0. The molecule has 0 radical (unpaired) electrons. The summed E-state index contributed by atoms with van der Waals surface area (Å²) in [6, 6.07) is 14.7. The van der Waals surface area contributed by atoms with Gasteiger partial charge in [-0.25, -0.2) is 0 Å². The third-order valence-electron chi connectivity index (χ3n) is 5.93. The van der Waals surface area contributed by atoms with E-state index in [0.29, 0.717) is 31.2 Å². The van der Waals surface area contributed by atoms with Crippen LogP contribution in [0.15, 0.2) is 48.5 Å². The Hall–Kier alpha value is -2.86. The maximum absolute atomic E-state index is 13.7. The molecule has 0 aliphatic carbocycles. The number of carbonyl (C=O) groups excluding carboxylic acids is 2. The van der Waals surface area contributed by atoms with Crippen LogP contribution in [0.2, 0.25) is 0 Å². The maximum atomic E-state index is 13.7. The molecule has 1 aliphatic heterocycles. The lowest BCUT2D eigenvalue weighted by molar-refractivity contribution is -0.146. The summed E-state index contributed by atoms with van der Waals surface area (Å²) in [4.78, 5) is 28.0. The van der Waals surface area contributed by atoms with Gasteiger partial charge in [0.25, 0.3) is 0 Å². The van der Waals surface area contributed by atoms with Crippen LogP contribution in [-0.2, 0) is 20.9 Å². The summed E-state index contributed by atoms with van der Waals surface area (Å²) < 4.78 is 11.3. The molecule has 2 aromatic carbocycles. The van der Waals surface area contributed by atoms with E-state index in [1.165, 1.54) is 5.56 Å². The summed E-state index contributed by atoms with van der Waals surface area (Å²) in [5.74, 6) is 0.676. The predicted molar refractivity (Wildman–Crippen MR) is 131 cm³/mol. The number of hydrogen-bond acceptors (Lipinski definition) is 5. The van der Waals surface area contributed by atoms with Crippen molar-refractivity contribution in [3.63, 3.8) is 0 Å². The van der Waals surface area contributed by atoms with Gasteiger partial charge in [-0.2, -0.15) is 0 Å². The van der Waals surface area contributed by atoms with E-state index in [2.05, 4.69) is 50.4 Å². The van der Waals surface area contributed by atoms with Gasteiger partial charge >= 0.3 is 5.97 Å². The molecule has 1 N–H and O–H groups in total. The number of hydrogen-bond donors (Lipinski definition) is 1. The van der Waals surface area contributed by atoms with Crippen molar-refractivity contribution >= 4 is 17.6 Å². The van der Waals surface area contributed by atoms with Crippen LogP contribution in [0.3, 0.4) is 0 Å². The zero-order chi connectivity index (χ0) is 23.8. The fourth-order valence-electron chi connectivity index (χ4n) is 3.99. The molecule has 0 unspecified atom stereocenters. The largest absolute Gasteiger partial charge is 0.489 e. The molecule has 2 atom stereocenters. The molecule has 0 fully saturated rings. The molecule has 33 heavy (non-hydrogen) atoms. The van der Waals surface area contributed by atoms with Gasteiger partial charge in [-0.05, 0) is 42.5 Å². The molecule has 1 amide bonds. The van der Waals surface area contributed by atoms with Gasteiger partial charge < -0.3 is 14.4 Å². The van der Waals surface area contributed by atoms with E-state index in [1.54, 1.807) is 11.8 Å². The highest BCUT2D eigenvalue weighted by molar-refractivity contribution is 5.99. The Morgan fingerprint density at radius 2 is 1.88 bits per heavy atom. The average Bonchev–Trinajstić information content (AvgIpc) is 2.94. The number of benzene rings is 2. The van der Waals surface area contributed by atoms with Gasteiger partial charge in [-0.3, -0.25) is 14.9 Å². The van der Waals surface area contributed by atoms with Crippen molar-refractivity contribution in [2.45, 2.75) is 71.5 Å². The van der Waals surface area contributed by atoms with Crippen molar-refractivity contribution in [3.8, 4) is 5.75 Å². The maximum Gasteiger partial charge on any atom is 0.323 e. The molecule has 0 aromatic heterocycles. The number of unbranched alkanes of at least 4 members (excludes halogenated alkanes) is 1. The second kappa shape index (κ2) is 11.8. The van der Waals surface area contributed by atoms with Crippen LogP contribution in [0.4, 0.5) is 5.69 Å². The van der Waals surface area contributed by atoms with Crippen LogP contribution < -0.4 is 15.0 Å². The molecule has 3 rings (SSSR count). The third kappa shape index (κ3) is 6.35. The number of ether oxygens (including phenoxy) is 2. The molecule has 0 saturated heterocycles. The minimum Gasteiger partial charge on any atom is -0.489 e. The van der Waals surface area contributed by atoms with Crippen LogP contribution in [-0.4, -0.2) is 37.2 Å². The van der Waals surface area contributed by atoms with Crippen LogP contribution in [0.1, 0.15) is 64.0 Å². The molecule has 1 aliphatic rings. The molecule has 178 valence electrons. The normalized spacial score (nSPS) is 16.7. The number of nitrogens with zero attached hydrogens (tertiary/aromatic N) is 1. The van der Waals surface area contributed by atoms with Crippen LogP contribution in [0.25, 0.3) is 0 Å². The van der Waals surface area contributed by atoms with E-state index in [-0.39, 0.29) is 18.5 Å². The summed E-state index contributed by atoms with van der Waals surface area (Å²) in [6.45, 7) is 9.08. The molecule has 1 heterocycles. The Balaban J connectivity index is 1.86. The molecule has 6 nitrogen and oxygen atoms in total. The molecule has 0 saturated carbocycles. The topological polar surface area (TPSA) is 67.9 Å². The second-order valence-corrected chi connectivity index (χ2v) is 8.77. The average molecular weight is 453 g/mol. The molecule has 0 spiro atoms. The number of carbonyl (C=O) groups is 2. The lowest BCUT2D eigenvalue weighted by atomic mass is 10.0. The number of nitrogens with one attached hydrogen (secondary N) is 1. The molecule has 0 bridgehead atoms. The highest BCUT2D eigenvalue weighted by atomic mass is 16.5. The standard InChI is InChI=1S/C27H36N2O4/c1-5-7-10-22(27(31)32-6-2)28-23-18-33-25-12-9-8-11-24(25)29(26(23)30)17-20-13-15-21(16-14-20)19(3)4/h8-9,11-16,19,22-23,28H,5-7,10,17-18H2,1-4H3/t22-,23-/m0/s1. The van der Waals surface area contributed by atoms with E-state index < -0.39 is 12.1 Å². The summed E-state index contributed by atoms with van der Waals surface area (Å²) in [7, 11) is 0. The molecule has 6 heteroatoms. The van der Waals surface area contributed by atoms with Crippen molar-refractivity contribution in [1.29, 1.82) is 0 Å². The number of rotatable bonds is 10. The van der Waals surface area contributed by atoms with Crippen LogP contribution in [0, 0.1) is 0 Å². The first-order chi connectivity index (χ1) is 15.9. The SMILES string of the molecule is CCCC[C@H](N[C@H]1COc2ccccc2N(Cc2ccc(C(C)C)cc2)C1=O)C(=O)OCC. The Labute approximate surface area is 197 Å². The number of para-hydroxylation sites is 2. The first-order valence-electron chi connectivity index (χ1n) is 12.0. The van der Waals surface area contributed by atoms with Gasteiger partial charge in [0.15, 0.2) is 0 Å². The Morgan fingerprint density at radius 1 is 1.15 bits per heavy atom. The fraction of sp³-hybridized carbons (Fsp3) is 0.481. The second-order valence-electron chi connectivity index (χ2n) is 8.77. The van der Waals surface area contributed by atoms with E-state index in [9.17, 15) is 9.59 Å². The van der Waals surface area contributed by atoms with Crippen LogP contribution in [0.5, 0.6) is 5.75 Å². The highest BCUT2D eigenvalue weighted by Crippen LogP contribution is 2.32. The lowest BCUT2D eigenvalue weighted by Crippen LogP contribution is -2.54. The zero-order valence-electron chi connectivity index (χ0n) is 20.2. The lowest BCUT2D eigenvalue weighted by Gasteiger charge is -2.27. The summed E-state index contributed by atoms with van der Waals surface area (Å²) in [5.41, 5.74) is 3.04. The van der Waals surface area contributed by atoms with Gasteiger partial charge in [0.1, 0.15) is 24.4 Å². The predicted octanol–water partition coefficient (Wildman–Crippen LogP) is 4.82. The van der Waals surface area contributed by atoms with E-state index in [0.717, 1.165) is 24.1 Å². The third-order valence-corrected chi connectivity index (χ3v) is 5.93. The minimum absolute atomic E-state index is 0.112. The van der Waals surface area contributed by atoms with E-state index in [1.807, 2.05) is 24.3 Å². The van der Waals surface area contributed by atoms with Crippen LogP contribution >= 0.6 is 0 Å². The zero-order valence-corrected chi connectivity index (χ0v) is 20.2. The fourth-order valence-corrected chi connectivity index (χ4v) is 3.99. The molecular weight excluding hydrogens is 416 g/mol.